The lowest BCUT2D eigenvalue weighted by atomic mass is 10.0. The van der Waals surface area contributed by atoms with Crippen molar-refractivity contribution in [1.29, 1.82) is 0 Å². The SMILES string of the molecule is CC(C)CC(NC1CCOC1C)C(=O)O. The molecule has 0 aliphatic carbocycles. The standard InChI is InChI=1S/C11H21NO3/c1-7(2)6-10(11(13)14)12-9-4-5-15-8(9)3/h7-10,12H,4-6H2,1-3H3,(H,13,14). The molecule has 2 N–H and O–H groups in total. The highest BCUT2D eigenvalue weighted by atomic mass is 16.5. The van der Waals surface area contributed by atoms with Crippen LogP contribution in [0.5, 0.6) is 0 Å². The molecule has 1 saturated heterocycles. The van der Waals surface area contributed by atoms with Gasteiger partial charge in [-0.1, -0.05) is 13.8 Å². The molecular weight excluding hydrogens is 194 g/mol. The average Bonchev–Trinajstić information content (AvgIpc) is 2.50. The second-order valence-electron chi connectivity index (χ2n) is 4.66. The summed E-state index contributed by atoms with van der Waals surface area (Å²) in [6.45, 7) is 6.78. The van der Waals surface area contributed by atoms with Gasteiger partial charge in [-0.15, -0.1) is 0 Å². The van der Waals surface area contributed by atoms with Gasteiger partial charge in [0.05, 0.1) is 6.10 Å². The molecule has 0 aromatic heterocycles. The summed E-state index contributed by atoms with van der Waals surface area (Å²) in [6, 6.07) is -0.260. The van der Waals surface area contributed by atoms with E-state index in [9.17, 15) is 4.79 Å². The van der Waals surface area contributed by atoms with Crippen LogP contribution in [-0.4, -0.2) is 35.9 Å². The summed E-state index contributed by atoms with van der Waals surface area (Å²) in [7, 11) is 0. The van der Waals surface area contributed by atoms with Gasteiger partial charge in [-0.25, -0.2) is 0 Å². The van der Waals surface area contributed by atoms with Crippen LogP contribution in [0, 0.1) is 5.92 Å². The maximum atomic E-state index is 11.0. The quantitative estimate of drug-likeness (QED) is 0.724. The van der Waals surface area contributed by atoms with Crippen molar-refractivity contribution < 1.29 is 14.6 Å². The molecule has 88 valence electrons. The number of hydrogen-bond donors (Lipinski definition) is 2. The first kappa shape index (κ1) is 12.5. The number of carboxylic acids is 1. The Labute approximate surface area is 91.0 Å². The van der Waals surface area contributed by atoms with Gasteiger partial charge >= 0.3 is 5.97 Å². The van der Waals surface area contributed by atoms with E-state index in [2.05, 4.69) is 5.32 Å². The van der Waals surface area contributed by atoms with E-state index in [0.717, 1.165) is 13.0 Å². The van der Waals surface area contributed by atoms with Crippen LogP contribution in [0.15, 0.2) is 0 Å². The first-order chi connectivity index (χ1) is 7.00. The van der Waals surface area contributed by atoms with E-state index in [1.54, 1.807) is 0 Å². The maximum absolute atomic E-state index is 11.0. The Morgan fingerprint density at radius 3 is 2.67 bits per heavy atom. The topological polar surface area (TPSA) is 58.6 Å². The Morgan fingerprint density at radius 2 is 2.27 bits per heavy atom. The molecule has 1 rings (SSSR count). The third-order valence-electron chi connectivity index (χ3n) is 2.80. The highest BCUT2D eigenvalue weighted by Crippen LogP contribution is 2.15. The van der Waals surface area contributed by atoms with E-state index in [0.29, 0.717) is 12.3 Å². The molecule has 15 heavy (non-hydrogen) atoms. The first-order valence-electron chi connectivity index (χ1n) is 5.61. The van der Waals surface area contributed by atoms with Crippen LogP contribution in [0.4, 0.5) is 0 Å². The number of hydrogen-bond acceptors (Lipinski definition) is 3. The number of aliphatic carboxylic acids is 1. The van der Waals surface area contributed by atoms with Gasteiger partial charge in [0.25, 0.3) is 0 Å². The van der Waals surface area contributed by atoms with Crippen LogP contribution in [0.2, 0.25) is 0 Å². The fourth-order valence-electron chi connectivity index (χ4n) is 1.92. The smallest absolute Gasteiger partial charge is 0.320 e. The second-order valence-corrected chi connectivity index (χ2v) is 4.66. The molecule has 3 atom stereocenters. The Hall–Kier alpha value is -0.610. The monoisotopic (exact) mass is 215 g/mol. The van der Waals surface area contributed by atoms with E-state index in [1.165, 1.54) is 0 Å². The van der Waals surface area contributed by atoms with Gasteiger partial charge in [-0.05, 0) is 25.7 Å². The van der Waals surface area contributed by atoms with Crippen LogP contribution in [0.3, 0.4) is 0 Å². The molecule has 0 radical (unpaired) electrons. The van der Waals surface area contributed by atoms with Gasteiger partial charge < -0.3 is 9.84 Å². The maximum Gasteiger partial charge on any atom is 0.320 e. The molecule has 0 spiro atoms. The largest absolute Gasteiger partial charge is 0.480 e. The number of ether oxygens (including phenoxy) is 1. The molecule has 1 aliphatic heterocycles. The molecule has 0 amide bonds. The van der Waals surface area contributed by atoms with Crippen molar-refractivity contribution in [2.45, 2.75) is 51.8 Å². The normalized spacial score (nSPS) is 28.3. The summed E-state index contributed by atoms with van der Waals surface area (Å²) < 4.78 is 5.40. The Kier molecular flexibility index (Phi) is 4.54. The van der Waals surface area contributed by atoms with Crippen LogP contribution >= 0.6 is 0 Å². The zero-order chi connectivity index (χ0) is 11.4. The Morgan fingerprint density at radius 1 is 1.60 bits per heavy atom. The van der Waals surface area contributed by atoms with E-state index >= 15 is 0 Å². The summed E-state index contributed by atoms with van der Waals surface area (Å²) in [5.41, 5.74) is 0. The summed E-state index contributed by atoms with van der Waals surface area (Å²) >= 11 is 0. The molecule has 0 bridgehead atoms. The lowest BCUT2D eigenvalue weighted by Gasteiger charge is -2.22. The third-order valence-corrected chi connectivity index (χ3v) is 2.80. The molecule has 0 aromatic carbocycles. The zero-order valence-corrected chi connectivity index (χ0v) is 9.69. The minimum absolute atomic E-state index is 0.124. The van der Waals surface area contributed by atoms with Crippen molar-refractivity contribution in [2.75, 3.05) is 6.61 Å². The molecule has 4 nitrogen and oxygen atoms in total. The van der Waals surface area contributed by atoms with Gasteiger partial charge in [-0.2, -0.15) is 0 Å². The number of nitrogens with one attached hydrogen (secondary N) is 1. The first-order valence-corrected chi connectivity index (χ1v) is 5.61. The number of carbonyl (C=O) groups is 1. The summed E-state index contributed by atoms with van der Waals surface area (Å²) in [5, 5.41) is 12.2. The summed E-state index contributed by atoms with van der Waals surface area (Å²) in [4.78, 5) is 11.0. The number of rotatable bonds is 5. The Balaban J connectivity index is 2.46. The van der Waals surface area contributed by atoms with Crippen LogP contribution < -0.4 is 5.32 Å². The van der Waals surface area contributed by atoms with Crippen molar-refractivity contribution in [1.82, 2.24) is 5.32 Å². The van der Waals surface area contributed by atoms with Crippen molar-refractivity contribution in [2.24, 2.45) is 5.92 Å². The van der Waals surface area contributed by atoms with Crippen molar-refractivity contribution in [3.63, 3.8) is 0 Å². The lowest BCUT2D eigenvalue weighted by molar-refractivity contribution is -0.140. The fourth-order valence-corrected chi connectivity index (χ4v) is 1.92. The van der Waals surface area contributed by atoms with Crippen LogP contribution in [0.1, 0.15) is 33.6 Å². The molecule has 0 saturated carbocycles. The fraction of sp³-hybridized carbons (Fsp3) is 0.909. The van der Waals surface area contributed by atoms with Gasteiger partial charge in [0.15, 0.2) is 0 Å². The number of carboxylic acid groups (broad SMARTS) is 1. The van der Waals surface area contributed by atoms with E-state index in [4.69, 9.17) is 9.84 Å². The molecule has 1 fully saturated rings. The highest BCUT2D eigenvalue weighted by molar-refractivity contribution is 5.73. The molecule has 3 unspecified atom stereocenters. The minimum Gasteiger partial charge on any atom is -0.480 e. The van der Waals surface area contributed by atoms with Crippen LogP contribution in [-0.2, 0) is 9.53 Å². The third kappa shape index (κ3) is 3.80. The predicted molar refractivity (Wildman–Crippen MR) is 57.8 cm³/mol. The van der Waals surface area contributed by atoms with E-state index in [-0.39, 0.29) is 12.1 Å². The minimum atomic E-state index is -0.761. The highest BCUT2D eigenvalue weighted by Gasteiger charge is 2.29. The van der Waals surface area contributed by atoms with Crippen LogP contribution in [0.25, 0.3) is 0 Å². The van der Waals surface area contributed by atoms with Crippen molar-refractivity contribution in [3.8, 4) is 0 Å². The van der Waals surface area contributed by atoms with E-state index in [1.807, 2.05) is 20.8 Å². The molecule has 0 aromatic rings. The van der Waals surface area contributed by atoms with Gasteiger partial charge in [0, 0.05) is 12.6 Å². The van der Waals surface area contributed by atoms with Gasteiger partial charge in [0.2, 0.25) is 0 Å². The van der Waals surface area contributed by atoms with Crippen molar-refractivity contribution in [3.05, 3.63) is 0 Å². The van der Waals surface area contributed by atoms with Gasteiger partial charge in [0.1, 0.15) is 6.04 Å². The summed E-state index contributed by atoms with van der Waals surface area (Å²) in [6.07, 6.45) is 1.70. The second kappa shape index (κ2) is 5.47. The van der Waals surface area contributed by atoms with Crippen molar-refractivity contribution >= 4 is 5.97 Å². The predicted octanol–water partition coefficient (Wildman–Crippen LogP) is 1.25. The van der Waals surface area contributed by atoms with Gasteiger partial charge in [-0.3, -0.25) is 10.1 Å². The molecular formula is C11H21NO3. The Bertz CT molecular complexity index is 218. The molecule has 1 aliphatic rings. The average molecular weight is 215 g/mol. The lowest BCUT2D eigenvalue weighted by Crippen LogP contribution is -2.46. The van der Waals surface area contributed by atoms with E-state index < -0.39 is 12.0 Å². The summed E-state index contributed by atoms with van der Waals surface area (Å²) in [5.74, 6) is -0.376. The zero-order valence-electron chi connectivity index (χ0n) is 9.69. The molecule has 4 heteroatoms. The molecule has 1 heterocycles.